The molecule has 5 rings (SSSR count). The topological polar surface area (TPSA) is 76.7 Å². The lowest BCUT2D eigenvalue weighted by Gasteiger charge is -2.36. The van der Waals surface area contributed by atoms with Gasteiger partial charge >= 0.3 is 0 Å². The lowest BCUT2D eigenvalue weighted by Crippen LogP contribution is -2.51. The first-order chi connectivity index (χ1) is 14.5. The summed E-state index contributed by atoms with van der Waals surface area (Å²) in [6, 6.07) is 4.32. The Morgan fingerprint density at radius 2 is 1.87 bits per heavy atom. The van der Waals surface area contributed by atoms with Crippen molar-refractivity contribution in [2.45, 2.75) is 64.0 Å². The Balaban J connectivity index is 1.06. The highest BCUT2D eigenvalue weighted by Crippen LogP contribution is 2.41. The minimum Gasteiger partial charge on any atom is -0.492 e. The Morgan fingerprint density at radius 3 is 2.70 bits per heavy atom. The van der Waals surface area contributed by atoms with Crippen molar-refractivity contribution in [3.63, 3.8) is 0 Å². The van der Waals surface area contributed by atoms with Gasteiger partial charge in [-0.3, -0.25) is 9.59 Å². The second-order valence-corrected chi connectivity index (χ2v) is 9.73. The van der Waals surface area contributed by atoms with Crippen LogP contribution >= 0.6 is 0 Å². The molecule has 2 amide bonds. The molecule has 6 heteroatoms. The van der Waals surface area contributed by atoms with Gasteiger partial charge in [-0.1, -0.05) is 12.5 Å². The summed E-state index contributed by atoms with van der Waals surface area (Å²) in [6.07, 6.45) is 5.14. The van der Waals surface area contributed by atoms with Crippen LogP contribution in [-0.2, 0) is 14.3 Å². The zero-order chi connectivity index (χ0) is 20.8. The van der Waals surface area contributed by atoms with Gasteiger partial charge in [-0.15, -0.1) is 0 Å². The van der Waals surface area contributed by atoms with E-state index in [-0.39, 0.29) is 29.9 Å². The van der Waals surface area contributed by atoms with Gasteiger partial charge in [0.25, 0.3) is 0 Å². The molecular weight excluding hydrogens is 380 g/mol. The zero-order valence-electron chi connectivity index (χ0n) is 17.9. The van der Waals surface area contributed by atoms with Gasteiger partial charge in [0.2, 0.25) is 11.8 Å². The quantitative estimate of drug-likeness (QED) is 0.780. The maximum atomic E-state index is 12.7. The number of fused-ring (bicyclic) bond motifs is 2. The molecule has 4 atom stereocenters. The Bertz CT molecular complexity index is 848. The van der Waals surface area contributed by atoms with Gasteiger partial charge in [-0.05, 0) is 74.5 Å². The van der Waals surface area contributed by atoms with E-state index in [0.717, 1.165) is 37.2 Å². The van der Waals surface area contributed by atoms with Crippen molar-refractivity contribution in [1.29, 1.82) is 0 Å². The average Bonchev–Trinajstić information content (AvgIpc) is 3.39. The van der Waals surface area contributed by atoms with Gasteiger partial charge in [0.05, 0.1) is 6.61 Å². The minimum absolute atomic E-state index is 0.0381. The molecule has 1 aromatic carbocycles. The third-order valence-corrected chi connectivity index (χ3v) is 7.73. The fraction of sp³-hybridized carbons (Fsp3) is 0.667. The van der Waals surface area contributed by atoms with Crippen molar-refractivity contribution in [1.82, 2.24) is 10.6 Å². The largest absolute Gasteiger partial charge is 0.492 e. The molecule has 2 saturated carbocycles. The Morgan fingerprint density at radius 1 is 1.07 bits per heavy atom. The molecule has 4 aliphatic rings. The van der Waals surface area contributed by atoms with Crippen molar-refractivity contribution in [3.8, 4) is 5.75 Å². The smallest absolute Gasteiger partial charge is 0.249 e. The van der Waals surface area contributed by atoms with Gasteiger partial charge in [0.15, 0.2) is 0 Å². The number of hydrogen-bond acceptors (Lipinski definition) is 4. The summed E-state index contributed by atoms with van der Waals surface area (Å²) in [4.78, 5) is 25.3. The van der Waals surface area contributed by atoms with Crippen molar-refractivity contribution < 1.29 is 19.1 Å². The maximum absolute atomic E-state index is 12.7. The lowest BCUT2D eigenvalue weighted by atomic mass is 9.79. The highest BCUT2D eigenvalue weighted by atomic mass is 16.5. The van der Waals surface area contributed by atoms with Gasteiger partial charge in [-0.2, -0.15) is 0 Å². The number of aryl methyl sites for hydroxylation is 2. The van der Waals surface area contributed by atoms with Crippen molar-refractivity contribution in [3.05, 3.63) is 28.8 Å². The summed E-state index contributed by atoms with van der Waals surface area (Å²) in [5.74, 6) is 2.14. The second-order valence-electron chi connectivity index (χ2n) is 9.73. The monoisotopic (exact) mass is 412 g/mol. The number of hydrogen-bond donors (Lipinski definition) is 2. The summed E-state index contributed by atoms with van der Waals surface area (Å²) < 4.78 is 11.5. The molecule has 6 nitrogen and oxygen atoms in total. The molecule has 2 heterocycles. The molecule has 0 bridgehead atoms. The van der Waals surface area contributed by atoms with Crippen LogP contribution in [0.5, 0.6) is 5.75 Å². The first-order valence-electron chi connectivity index (χ1n) is 11.4. The zero-order valence-corrected chi connectivity index (χ0v) is 17.9. The normalized spacial score (nSPS) is 33.9. The fourth-order valence-electron chi connectivity index (χ4n) is 5.65. The standard InChI is InChI=1S/C24H32N2O4/c1-13-6-19-20(12-29-21(19)7-14(13)2)23(27)25-10-15-8-17(9-15)26-24(28)22-18-5-3-4-16(18)11-30-22/h6-7,15-18,20,22H,3-5,8-12H2,1-2H3,(H,25,27)(H,26,28)/t15?,16-,17?,18-,20?,22+/m0/s1. The summed E-state index contributed by atoms with van der Waals surface area (Å²) in [6.45, 7) is 5.94. The SMILES string of the molecule is Cc1cc2c(cc1C)C(C(=O)NCC1CC(NC(=O)[C@@H]3OC[C@@H]4CCC[C@@H]43)C1)CO2. The lowest BCUT2D eigenvalue weighted by molar-refractivity contribution is -0.133. The number of benzene rings is 1. The summed E-state index contributed by atoms with van der Waals surface area (Å²) in [7, 11) is 0. The minimum atomic E-state index is -0.245. The third kappa shape index (κ3) is 3.59. The van der Waals surface area contributed by atoms with Crippen LogP contribution in [0.15, 0.2) is 12.1 Å². The van der Waals surface area contributed by atoms with Crippen molar-refractivity contribution in [2.75, 3.05) is 19.8 Å². The number of amides is 2. The number of carbonyl (C=O) groups is 2. The highest BCUT2D eigenvalue weighted by Gasteiger charge is 2.45. The molecule has 0 radical (unpaired) electrons. The first-order valence-corrected chi connectivity index (χ1v) is 11.4. The fourth-order valence-corrected chi connectivity index (χ4v) is 5.65. The van der Waals surface area contributed by atoms with E-state index in [9.17, 15) is 9.59 Å². The molecule has 162 valence electrons. The van der Waals surface area contributed by atoms with E-state index in [0.29, 0.717) is 30.9 Å². The van der Waals surface area contributed by atoms with Crippen LogP contribution in [0.2, 0.25) is 0 Å². The molecule has 2 N–H and O–H groups in total. The van der Waals surface area contributed by atoms with Crippen LogP contribution < -0.4 is 15.4 Å². The summed E-state index contributed by atoms with van der Waals surface area (Å²) in [5, 5.41) is 6.28. The molecule has 2 aliphatic heterocycles. The molecule has 3 fully saturated rings. The number of nitrogens with one attached hydrogen (secondary N) is 2. The molecule has 1 unspecified atom stereocenters. The van der Waals surface area contributed by atoms with E-state index in [4.69, 9.17) is 9.47 Å². The van der Waals surface area contributed by atoms with Crippen LogP contribution in [0.25, 0.3) is 0 Å². The van der Waals surface area contributed by atoms with Crippen LogP contribution in [0.3, 0.4) is 0 Å². The molecule has 1 saturated heterocycles. The van der Waals surface area contributed by atoms with E-state index in [1.54, 1.807) is 0 Å². The molecule has 1 aromatic rings. The third-order valence-electron chi connectivity index (χ3n) is 7.73. The molecular formula is C24H32N2O4. The van der Waals surface area contributed by atoms with E-state index < -0.39 is 0 Å². The summed E-state index contributed by atoms with van der Waals surface area (Å²) in [5.41, 5.74) is 3.37. The summed E-state index contributed by atoms with van der Waals surface area (Å²) >= 11 is 0. The van der Waals surface area contributed by atoms with Crippen LogP contribution in [0, 0.1) is 31.6 Å². The van der Waals surface area contributed by atoms with E-state index >= 15 is 0 Å². The first kappa shape index (κ1) is 19.9. The van der Waals surface area contributed by atoms with Crippen molar-refractivity contribution in [2.24, 2.45) is 17.8 Å². The van der Waals surface area contributed by atoms with Crippen molar-refractivity contribution >= 4 is 11.8 Å². The van der Waals surface area contributed by atoms with Crippen LogP contribution in [0.1, 0.15) is 54.7 Å². The molecule has 2 aliphatic carbocycles. The Hall–Kier alpha value is -2.08. The van der Waals surface area contributed by atoms with Crippen LogP contribution in [0.4, 0.5) is 0 Å². The van der Waals surface area contributed by atoms with Gasteiger partial charge in [0, 0.05) is 18.2 Å². The van der Waals surface area contributed by atoms with Gasteiger partial charge in [-0.25, -0.2) is 0 Å². The molecule has 30 heavy (non-hydrogen) atoms. The van der Waals surface area contributed by atoms with E-state index in [1.807, 2.05) is 6.07 Å². The van der Waals surface area contributed by atoms with Gasteiger partial charge in [0.1, 0.15) is 24.4 Å². The highest BCUT2D eigenvalue weighted by molar-refractivity contribution is 5.85. The molecule has 0 spiro atoms. The van der Waals surface area contributed by atoms with Gasteiger partial charge < -0.3 is 20.1 Å². The van der Waals surface area contributed by atoms with Crippen LogP contribution in [-0.4, -0.2) is 43.7 Å². The Labute approximate surface area is 178 Å². The van der Waals surface area contributed by atoms with E-state index in [2.05, 4.69) is 30.5 Å². The number of ether oxygens (including phenoxy) is 2. The second kappa shape index (κ2) is 7.88. The molecule has 0 aromatic heterocycles. The number of rotatable bonds is 5. The maximum Gasteiger partial charge on any atom is 0.249 e. The predicted octanol–water partition coefficient (Wildman–Crippen LogP) is 2.61. The average molecular weight is 413 g/mol. The van der Waals surface area contributed by atoms with E-state index in [1.165, 1.54) is 24.0 Å². The number of carbonyl (C=O) groups excluding carboxylic acids is 2. The predicted molar refractivity (Wildman–Crippen MR) is 112 cm³/mol. The Kier molecular flexibility index (Phi) is 5.21.